The number of hydrogen-bond acceptors (Lipinski definition) is 6. The van der Waals surface area contributed by atoms with Gasteiger partial charge in [-0.1, -0.05) is 0 Å². The van der Waals surface area contributed by atoms with Gasteiger partial charge < -0.3 is 30.3 Å². The first kappa shape index (κ1) is 9.56. The summed E-state index contributed by atoms with van der Waals surface area (Å²) in [6, 6.07) is 0. The van der Waals surface area contributed by atoms with Gasteiger partial charge in [-0.15, -0.1) is 0 Å². The lowest BCUT2D eigenvalue weighted by atomic mass is 10.0. The highest BCUT2D eigenvalue weighted by atomic mass is 16.4. The van der Waals surface area contributed by atoms with Gasteiger partial charge in [0.25, 0.3) is 0 Å². The van der Waals surface area contributed by atoms with Crippen LogP contribution in [0.4, 0.5) is 0 Å². The van der Waals surface area contributed by atoms with Crippen LogP contribution in [0.25, 0.3) is 0 Å². The van der Waals surface area contributed by atoms with Crippen LogP contribution in [0.15, 0.2) is 0 Å². The molecule has 0 aliphatic heterocycles. The third-order valence-electron chi connectivity index (χ3n) is 1.38. The summed E-state index contributed by atoms with van der Waals surface area (Å²) >= 11 is 0. The van der Waals surface area contributed by atoms with Crippen molar-refractivity contribution in [2.24, 2.45) is 0 Å². The van der Waals surface area contributed by atoms with Crippen LogP contribution in [-0.2, 0) is 4.79 Å². The van der Waals surface area contributed by atoms with E-state index < -0.39 is 37.3 Å². The Morgan fingerprint density at radius 2 is 1.75 bits per heavy atom. The summed E-state index contributed by atoms with van der Waals surface area (Å²) in [7, 11) is 0. The van der Waals surface area contributed by atoms with E-state index in [1.807, 2.05) is 0 Å². The molecule has 0 spiro atoms. The summed E-state index contributed by atoms with van der Waals surface area (Å²) in [5.74, 6) is 0. The Labute approximate surface area is 70.1 Å². The van der Waals surface area contributed by atoms with E-state index in [4.69, 9.17) is 26.9 Å². The fourth-order valence-electron chi connectivity index (χ4n) is 0.592. The Hall–Kier alpha value is -0.530. The quantitative estimate of drug-likeness (QED) is 0.282. The molecule has 6 heteroatoms. The lowest BCUT2D eigenvalue weighted by Crippen LogP contribution is -2.46. The molecule has 0 fully saturated rings. The van der Waals surface area contributed by atoms with Crippen molar-refractivity contribution in [1.82, 2.24) is 0 Å². The van der Waals surface area contributed by atoms with Gasteiger partial charge in [0.05, 0.1) is 6.61 Å². The van der Waals surface area contributed by atoms with E-state index in [-0.39, 0.29) is 0 Å². The van der Waals surface area contributed by atoms with Crippen LogP contribution in [0.1, 0.15) is 1.37 Å². The Morgan fingerprint density at radius 3 is 2.08 bits per heavy atom. The van der Waals surface area contributed by atoms with Crippen LogP contribution in [-0.4, -0.2) is 62.8 Å². The van der Waals surface area contributed by atoms with Crippen molar-refractivity contribution in [1.29, 1.82) is 0 Å². The fourth-order valence-corrected chi connectivity index (χ4v) is 0.592. The number of aliphatic hydroxyl groups excluding tert-OH is 5. The van der Waals surface area contributed by atoms with Gasteiger partial charge in [0, 0.05) is 0 Å². The molecule has 12 heavy (non-hydrogen) atoms. The van der Waals surface area contributed by atoms with E-state index >= 15 is 0 Å². The van der Waals surface area contributed by atoms with Gasteiger partial charge in [-0.2, -0.15) is 0 Å². The number of carbonyl (C=O) groups excluding carboxylic acids is 1. The predicted octanol–water partition coefficient (Wildman–Crippen LogP) is -3.38. The molecule has 5 N–H and O–H groups in total. The molecule has 6 nitrogen and oxygen atoms in total. The van der Waals surface area contributed by atoms with Crippen LogP contribution >= 0.6 is 0 Å². The largest absolute Gasteiger partial charge is 0.394 e. The van der Waals surface area contributed by atoms with Gasteiger partial charge in [0.2, 0.25) is 0 Å². The molecule has 0 bridgehead atoms. The van der Waals surface area contributed by atoms with E-state index in [1.54, 1.807) is 0 Å². The molecule has 0 unspecified atom stereocenters. The molecule has 72 valence electrons. The molecular formula is C6H12O6. The number of aldehydes is 1. The minimum atomic E-state index is -2.09. The van der Waals surface area contributed by atoms with Gasteiger partial charge in [-0.05, 0) is 0 Å². The highest BCUT2D eigenvalue weighted by Gasteiger charge is 2.29. The molecule has 0 amide bonds. The van der Waals surface area contributed by atoms with Crippen LogP contribution < -0.4 is 0 Å². The van der Waals surface area contributed by atoms with E-state index in [1.165, 1.54) is 0 Å². The third kappa shape index (κ3) is 2.84. The van der Waals surface area contributed by atoms with E-state index in [0.29, 0.717) is 0 Å². The Balaban J connectivity index is 4.24. The topological polar surface area (TPSA) is 118 Å². The smallest absolute Gasteiger partial charge is 0.151 e. The molecule has 0 saturated carbocycles. The maximum atomic E-state index is 10.2. The highest BCUT2D eigenvalue weighted by molar-refractivity contribution is 5.56. The van der Waals surface area contributed by atoms with Crippen molar-refractivity contribution in [3.63, 3.8) is 0 Å². The SMILES string of the molecule is [2H]C(=O)[C@@H](O)[C@H](O)[C@H](O)[C@@H](O)CO. The predicted molar refractivity (Wildman–Crippen MR) is 37.2 cm³/mol. The number of aliphatic hydroxyl groups is 5. The summed E-state index contributed by atoms with van der Waals surface area (Å²) in [6.07, 6.45) is -9.07. The summed E-state index contributed by atoms with van der Waals surface area (Å²) < 4.78 is 6.40. The number of hydrogen-bond donors (Lipinski definition) is 5. The van der Waals surface area contributed by atoms with E-state index in [2.05, 4.69) is 0 Å². The fraction of sp³-hybridized carbons (Fsp3) is 0.833. The Kier molecular flexibility index (Phi) is 4.12. The molecule has 4 atom stereocenters. The van der Waals surface area contributed by atoms with Gasteiger partial charge in [-0.25, -0.2) is 0 Å². The van der Waals surface area contributed by atoms with Crippen LogP contribution in [0, 0.1) is 0 Å². The van der Waals surface area contributed by atoms with Crippen LogP contribution in [0.5, 0.6) is 0 Å². The van der Waals surface area contributed by atoms with Crippen molar-refractivity contribution >= 4 is 6.26 Å². The lowest BCUT2D eigenvalue weighted by Gasteiger charge is -2.22. The zero-order valence-electron chi connectivity index (χ0n) is 7.16. The van der Waals surface area contributed by atoms with Gasteiger partial charge in [0.1, 0.15) is 25.8 Å². The maximum absolute atomic E-state index is 10.2. The van der Waals surface area contributed by atoms with Gasteiger partial charge in [-0.3, -0.25) is 0 Å². The summed E-state index contributed by atoms with van der Waals surface area (Å²) in [6.45, 7) is -0.822. The first-order valence-electron chi connectivity index (χ1n) is 3.75. The standard InChI is InChI=1S/C6H12O6/c7-1-3(9)5(11)6(12)4(10)2-8/h1,3-6,8-12H,2H2/t3-,4+,5+,6-/m1/s1/i1D. The van der Waals surface area contributed by atoms with Gasteiger partial charge in [0.15, 0.2) is 6.26 Å². The Morgan fingerprint density at radius 1 is 1.25 bits per heavy atom. The second-order valence-corrected chi connectivity index (χ2v) is 2.29. The molecule has 0 aromatic carbocycles. The van der Waals surface area contributed by atoms with Crippen LogP contribution in [0.3, 0.4) is 0 Å². The second kappa shape index (κ2) is 5.18. The first-order valence-corrected chi connectivity index (χ1v) is 3.25. The van der Waals surface area contributed by atoms with Gasteiger partial charge >= 0.3 is 0 Å². The molecule has 0 aromatic heterocycles. The third-order valence-corrected chi connectivity index (χ3v) is 1.38. The van der Waals surface area contributed by atoms with Crippen molar-refractivity contribution in [3.8, 4) is 0 Å². The van der Waals surface area contributed by atoms with Crippen molar-refractivity contribution in [3.05, 3.63) is 0 Å². The normalized spacial score (nSPS) is 22.2. The minimum absolute atomic E-state index is 0.822. The van der Waals surface area contributed by atoms with Crippen molar-refractivity contribution < 1.29 is 31.7 Å². The summed E-state index contributed by atoms with van der Waals surface area (Å²) in [5, 5.41) is 43.8. The van der Waals surface area contributed by atoms with Crippen molar-refractivity contribution in [2.45, 2.75) is 24.4 Å². The molecule has 0 aliphatic rings. The molecular weight excluding hydrogens is 168 g/mol. The zero-order chi connectivity index (χ0) is 10.6. The number of carbonyl (C=O) groups is 1. The van der Waals surface area contributed by atoms with E-state index in [0.717, 1.165) is 0 Å². The molecule has 0 radical (unpaired) electrons. The first-order chi connectivity index (χ1) is 5.91. The Bertz CT molecular complexity index is 175. The highest BCUT2D eigenvalue weighted by Crippen LogP contribution is 2.02. The molecule has 0 saturated heterocycles. The molecule has 0 aromatic rings. The second-order valence-electron chi connectivity index (χ2n) is 2.29. The monoisotopic (exact) mass is 181 g/mol. The van der Waals surface area contributed by atoms with Crippen molar-refractivity contribution in [2.75, 3.05) is 6.61 Å². The van der Waals surface area contributed by atoms with Crippen LogP contribution in [0.2, 0.25) is 0 Å². The molecule has 0 aliphatic carbocycles. The van der Waals surface area contributed by atoms with E-state index in [9.17, 15) is 4.79 Å². The summed E-state index contributed by atoms with van der Waals surface area (Å²) in [5.41, 5.74) is 0. The minimum Gasteiger partial charge on any atom is -0.394 e. The average molecular weight is 181 g/mol. The molecule has 0 rings (SSSR count). The maximum Gasteiger partial charge on any atom is 0.151 e. The number of rotatable bonds is 5. The molecule has 0 heterocycles. The zero-order valence-corrected chi connectivity index (χ0v) is 6.16. The summed E-state index contributed by atoms with van der Waals surface area (Å²) in [4.78, 5) is 10.2. The average Bonchev–Trinajstić information content (AvgIpc) is 2.12. The lowest BCUT2D eigenvalue weighted by molar-refractivity contribution is -0.136.